The van der Waals surface area contributed by atoms with E-state index in [2.05, 4.69) is 10.5 Å². The lowest BCUT2D eigenvalue weighted by atomic mass is 9.85. The van der Waals surface area contributed by atoms with E-state index >= 15 is 0 Å². The molecule has 0 saturated carbocycles. The number of carbonyl (C=O) groups excluding carboxylic acids is 2. The number of sulfone groups is 1. The molecule has 2 N–H and O–H groups in total. The van der Waals surface area contributed by atoms with Gasteiger partial charge in [0, 0.05) is 55.7 Å². The van der Waals surface area contributed by atoms with Crippen molar-refractivity contribution in [2.75, 3.05) is 12.8 Å². The van der Waals surface area contributed by atoms with E-state index in [-0.39, 0.29) is 30.5 Å². The van der Waals surface area contributed by atoms with Crippen LogP contribution in [0, 0.1) is 17.5 Å². The molecular weight excluding hydrogens is 545 g/mol. The van der Waals surface area contributed by atoms with Gasteiger partial charge in [-0.2, -0.15) is 0 Å². The van der Waals surface area contributed by atoms with Gasteiger partial charge in [0.05, 0.1) is 6.04 Å². The van der Waals surface area contributed by atoms with Crippen LogP contribution in [0.3, 0.4) is 0 Å². The van der Waals surface area contributed by atoms with Crippen molar-refractivity contribution < 1.29 is 41.1 Å². The Morgan fingerprint density at radius 2 is 1.92 bits per heavy atom. The van der Waals surface area contributed by atoms with E-state index in [1.54, 1.807) is 6.92 Å². The van der Waals surface area contributed by atoms with Gasteiger partial charge in [-0.15, -0.1) is 0 Å². The van der Waals surface area contributed by atoms with Crippen LogP contribution in [0.1, 0.15) is 58.6 Å². The highest BCUT2D eigenvalue weighted by Gasteiger charge is 2.55. The summed E-state index contributed by atoms with van der Waals surface area (Å²) < 4.78 is 66.8. The van der Waals surface area contributed by atoms with Crippen LogP contribution in [0.25, 0.3) is 0 Å². The predicted molar refractivity (Wildman–Crippen MR) is 129 cm³/mol. The van der Waals surface area contributed by atoms with E-state index in [4.69, 9.17) is 4.84 Å². The summed E-state index contributed by atoms with van der Waals surface area (Å²) in [6.45, 7) is 1.03. The van der Waals surface area contributed by atoms with Gasteiger partial charge in [0.1, 0.15) is 23.0 Å². The fourth-order valence-corrected chi connectivity index (χ4v) is 5.97. The molecule has 1 unspecified atom stereocenters. The number of fused-ring (bicyclic) bond motifs is 5. The number of nitrogens with zero attached hydrogens (tertiary/aromatic N) is 3. The maximum atomic E-state index is 14.0. The molecule has 2 aromatic rings. The van der Waals surface area contributed by atoms with Crippen molar-refractivity contribution in [1.29, 1.82) is 0 Å². The molecule has 1 saturated heterocycles. The van der Waals surface area contributed by atoms with E-state index < -0.39 is 85.3 Å². The summed E-state index contributed by atoms with van der Waals surface area (Å²) in [4.78, 5) is 46.4. The van der Waals surface area contributed by atoms with Crippen LogP contribution in [-0.4, -0.2) is 64.3 Å². The largest absolute Gasteiger partial charge is 0.503 e. The van der Waals surface area contributed by atoms with Gasteiger partial charge in [-0.25, -0.2) is 21.6 Å². The fraction of sp³-hybridized carbons (Fsp3) is 0.417. The van der Waals surface area contributed by atoms with Crippen LogP contribution < -0.4 is 10.7 Å². The highest BCUT2D eigenvalue weighted by atomic mass is 32.2. The molecular formula is C24H23F3N4O7S. The standard InChI is InChI=1S/C24H23F3N4O7S/c1-11-3-4-24(7-18(29-38-24)39(2,36)37)17-10-30(11)23(35)19-21(33)20(32)14(9-31(17)19)22(34)28-8-13-15(26)5-12(25)6-16(13)27/h5-6,9,11,17,33H,3-4,7-8,10H2,1-2H3,(H,28,34)/t11-,17?,24-/m0/s1. The normalized spacial score (nSPS) is 24.2. The summed E-state index contributed by atoms with van der Waals surface area (Å²) >= 11 is 0. The van der Waals surface area contributed by atoms with Gasteiger partial charge < -0.3 is 24.7 Å². The second-order valence-electron chi connectivity index (χ2n) is 9.96. The smallest absolute Gasteiger partial charge is 0.274 e. The second kappa shape index (κ2) is 9.10. The number of halogens is 3. The molecule has 1 fully saturated rings. The van der Waals surface area contributed by atoms with Gasteiger partial charge in [0.2, 0.25) is 5.43 Å². The van der Waals surface area contributed by atoms with Gasteiger partial charge in [-0.3, -0.25) is 14.4 Å². The second-order valence-corrected chi connectivity index (χ2v) is 12.0. The number of nitrogens with one attached hydrogen (secondary N) is 1. The molecule has 1 spiro atoms. The Morgan fingerprint density at radius 1 is 1.26 bits per heavy atom. The molecule has 1 aromatic heterocycles. The van der Waals surface area contributed by atoms with Crippen LogP contribution in [0.4, 0.5) is 13.2 Å². The molecule has 3 aliphatic rings. The molecule has 0 radical (unpaired) electrons. The molecule has 3 aliphatic heterocycles. The number of carbonyl (C=O) groups is 2. The number of amides is 2. The predicted octanol–water partition coefficient (Wildman–Crippen LogP) is 1.60. The zero-order chi connectivity index (χ0) is 28.4. The minimum absolute atomic E-state index is 0.00886. The number of oxime groups is 1. The first kappa shape index (κ1) is 26.7. The summed E-state index contributed by atoms with van der Waals surface area (Å²) in [6.07, 6.45) is 2.54. The Balaban J connectivity index is 1.56. The third-order valence-corrected chi connectivity index (χ3v) is 8.56. The van der Waals surface area contributed by atoms with E-state index in [9.17, 15) is 41.1 Å². The Hall–Kier alpha value is -3.88. The van der Waals surface area contributed by atoms with Crippen LogP contribution in [-0.2, 0) is 21.2 Å². The lowest BCUT2D eigenvalue weighted by Crippen LogP contribution is -2.52. The van der Waals surface area contributed by atoms with Crippen LogP contribution in [0.2, 0.25) is 0 Å². The van der Waals surface area contributed by atoms with Gasteiger partial charge in [-0.05, 0) is 19.8 Å². The number of hydrogen-bond acceptors (Lipinski definition) is 8. The number of hydrogen-bond donors (Lipinski definition) is 2. The molecule has 5 rings (SSSR count). The first-order chi connectivity index (χ1) is 18.2. The van der Waals surface area contributed by atoms with E-state index in [1.807, 2.05) is 0 Å². The van der Waals surface area contributed by atoms with E-state index in [0.717, 1.165) is 12.5 Å². The molecule has 4 heterocycles. The highest BCUT2D eigenvalue weighted by Crippen LogP contribution is 2.46. The van der Waals surface area contributed by atoms with Gasteiger partial charge >= 0.3 is 0 Å². The monoisotopic (exact) mass is 568 g/mol. The molecule has 208 valence electrons. The summed E-state index contributed by atoms with van der Waals surface area (Å²) in [5.41, 5.74) is -4.18. The molecule has 11 nitrogen and oxygen atoms in total. The minimum atomic E-state index is -3.71. The Kier molecular flexibility index (Phi) is 6.24. The van der Waals surface area contributed by atoms with Crippen molar-refractivity contribution in [3.8, 4) is 5.75 Å². The zero-order valence-electron chi connectivity index (χ0n) is 20.7. The topological polar surface area (TPSA) is 147 Å². The third kappa shape index (κ3) is 4.33. The van der Waals surface area contributed by atoms with E-state index in [1.165, 1.54) is 9.47 Å². The molecule has 2 amide bonds. The van der Waals surface area contributed by atoms with Gasteiger partial charge in [0.15, 0.2) is 31.9 Å². The number of rotatable bonds is 3. The summed E-state index contributed by atoms with van der Waals surface area (Å²) in [6, 6.07) is -0.342. The van der Waals surface area contributed by atoms with Crippen LogP contribution in [0.5, 0.6) is 5.75 Å². The summed E-state index contributed by atoms with van der Waals surface area (Å²) in [5.74, 6) is -6.47. The quantitative estimate of drug-likeness (QED) is 0.572. The number of aromatic nitrogens is 1. The van der Waals surface area contributed by atoms with Crippen molar-refractivity contribution in [1.82, 2.24) is 14.8 Å². The number of aromatic hydroxyl groups is 1. The average molecular weight is 569 g/mol. The fourth-order valence-electron chi connectivity index (χ4n) is 5.29. The lowest BCUT2D eigenvalue weighted by Gasteiger charge is -2.41. The van der Waals surface area contributed by atoms with Crippen LogP contribution in [0.15, 0.2) is 28.3 Å². The minimum Gasteiger partial charge on any atom is -0.503 e. The third-order valence-electron chi connectivity index (χ3n) is 7.49. The highest BCUT2D eigenvalue weighted by molar-refractivity contribution is 8.05. The van der Waals surface area contributed by atoms with Crippen molar-refractivity contribution in [2.24, 2.45) is 5.16 Å². The summed E-state index contributed by atoms with van der Waals surface area (Å²) in [5, 5.41) is 16.6. The van der Waals surface area contributed by atoms with Crippen molar-refractivity contribution in [3.63, 3.8) is 0 Å². The average Bonchev–Trinajstić information content (AvgIpc) is 3.25. The molecule has 0 aliphatic carbocycles. The van der Waals surface area contributed by atoms with Crippen LogP contribution >= 0.6 is 0 Å². The van der Waals surface area contributed by atoms with Crippen molar-refractivity contribution in [2.45, 2.75) is 50.4 Å². The number of pyridine rings is 1. The van der Waals surface area contributed by atoms with Crippen molar-refractivity contribution >= 4 is 26.7 Å². The molecule has 1 aromatic carbocycles. The maximum Gasteiger partial charge on any atom is 0.274 e. The first-order valence-corrected chi connectivity index (χ1v) is 13.8. The number of benzene rings is 1. The first-order valence-electron chi connectivity index (χ1n) is 11.9. The lowest BCUT2D eigenvalue weighted by molar-refractivity contribution is -0.0655. The zero-order valence-corrected chi connectivity index (χ0v) is 21.5. The van der Waals surface area contributed by atoms with E-state index in [0.29, 0.717) is 18.6 Å². The molecule has 2 bridgehead atoms. The molecule has 3 atom stereocenters. The Bertz CT molecular complexity index is 1600. The molecule has 15 heteroatoms. The Morgan fingerprint density at radius 3 is 2.54 bits per heavy atom. The maximum absolute atomic E-state index is 14.0. The molecule has 39 heavy (non-hydrogen) atoms. The van der Waals surface area contributed by atoms with Gasteiger partial charge in [-0.1, -0.05) is 5.16 Å². The van der Waals surface area contributed by atoms with Crippen molar-refractivity contribution in [3.05, 3.63) is 62.8 Å². The summed E-state index contributed by atoms with van der Waals surface area (Å²) in [7, 11) is -3.71. The SMILES string of the molecule is C[C@H]1CC[C@]2(CC(S(C)(=O)=O)=NO2)C2CN1C(=O)c1c(O)c(=O)c(C(=O)NCc3c(F)cc(F)cc3F)cn12. The Labute approximate surface area is 219 Å². The van der Waals surface area contributed by atoms with Gasteiger partial charge in [0.25, 0.3) is 11.8 Å².